The van der Waals surface area contributed by atoms with Crippen LogP contribution in [0.2, 0.25) is 0 Å². The van der Waals surface area contributed by atoms with Crippen LogP contribution in [0.15, 0.2) is 30.3 Å². The molecular formula is C14H20N2O3. The largest absolute Gasteiger partial charge is 0.392 e. The predicted molar refractivity (Wildman–Crippen MR) is 71.6 cm³/mol. The Labute approximate surface area is 113 Å². The van der Waals surface area contributed by atoms with Gasteiger partial charge in [-0.2, -0.15) is 0 Å². The van der Waals surface area contributed by atoms with Crippen LogP contribution in [0.5, 0.6) is 0 Å². The Balaban J connectivity index is 1.85. The van der Waals surface area contributed by atoms with Gasteiger partial charge in [0.05, 0.1) is 18.2 Å². The fraction of sp³-hybridized carbons (Fsp3) is 0.500. The molecule has 5 nitrogen and oxygen atoms in total. The van der Waals surface area contributed by atoms with E-state index in [1.165, 1.54) is 0 Å². The Bertz CT molecular complexity index is 410. The van der Waals surface area contributed by atoms with Gasteiger partial charge in [-0.3, -0.25) is 4.79 Å². The molecule has 1 aliphatic rings. The quantitative estimate of drug-likeness (QED) is 0.711. The van der Waals surface area contributed by atoms with Gasteiger partial charge < -0.3 is 20.5 Å². The first-order valence-electron chi connectivity index (χ1n) is 6.47. The van der Waals surface area contributed by atoms with Gasteiger partial charge in [0.15, 0.2) is 0 Å². The number of ether oxygens (including phenoxy) is 1. The molecule has 1 aromatic carbocycles. The standard InChI is InChI=1S/C14H20N2O3/c1-19-13(10-5-3-2-4-6-10)9-16-14(18)12-7-11(17)8-15-12/h2-6,11-13,15,17H,7-9H2,1H3,(H,16,18). The van der Waals surface area contributed by atoms with Crippen LogP contribution in [0.3, 0.4) is 0 Å². The number of aliphatic hydroxyl groups excluding tert-OH is 1. The summed E-state index contributed by atoms with van der Waals surface area (Å²) < 4.78 is 5.39. The van der Waals surface area contributed by atoms with Gasteiger partial charge in [-0.05, 0) is 12.0 Å². The number of methoxy groups -OCH3 is 1. The van der Waals surface area contributed by atoms with E-state index in [1.54, 1.807) is 7.11 Å². The van der Waals surface area contributed by atoms with Crippen LogP contribution in [-0.2, 0) is 9.53 Å². The summed E-state index contributed by atoms with van der Waals surface area (Å²) in [6, 6.07) is 9.47. The Kier molecular flexibility index (Phi) is 4.90. The molecule has 1 fully saturated rings. The highest BCUT2D eigenvalue weighted by atomic mass is 16.5. The lowest BCUT2D eigenvalue weighted by Crippen LogP contribution is -2.42. The summed E-state index contributed by atoms with van der Waals surface area (Å²) in [6.07, 6.45) is -0.117. The number of hydrogen-bond acceptors (Lipinski definition) is 4. The zero-order valence-corrected chi connectivity index (χ0v) is 11.0. The van der Waals surface area contributed by atoms with Crippen molar-refractivity contribution in [3.63, 3.8) is 0 Å². The molecule has 0 spiro atoms. The summed E-state index contributed by atoms with van der Waals surface area (Å²) in [5, 5.41) is 15.2. The maximum Gasteiger partial charge on any atom is 0.237 e. The van der Waals surface area contributed by atoms with Crippen molar-refractivity contribution in [3.05, 3.63) is 35.9 Å². The molecule has 104 valence electrons. The number of carbonyl (C=O) groups excluding carboxylic acids is 1. The van der Waals surface area contributed by atoms with E-state index in [0.29, 0.717) is 19.5 Å². The minimum Gasteiger partial charge on any atom is -0.392 e. The molecule has 3 unspecified atom stereocenters. The Morgan fingerprint density at radius 1 is 1.53 bits per heavy atom. The summed E-state index contributed by atoms with van der Waals surface area (Å²) in [4.78, 5) is 11.9. The van der Waals surface area contributed by atoms with E-state index in [-0.39, 0.29) is 18.1 Å². The zero-order valence-electron chi connectivity index (χ0n) is 11.0. The third-order valence-corrected chi connectivity index (χ3v) is 3.34. The fourth-order valence-electron chi connectivity index (χ4n) is 2.24. The minimum absolute atomic E-state index is 0.0884. The van der Waals surface area contributed by atoms with Gasteiger partial charge in [-0.25, -0.2) is 0 Å². The van der Waals surface area contributed by atoms with E-state index in [0.717, 1.165) is 5.56 Å². The first-order valence-corrected chi connectivity index (χ1v) is 6.47. The van der Waals surface area contributed by atoms with Gasteiger partial charge in [0, 0.05) is 20.2 Å². The highest BCUT2D eigenvalue weighted by Crippen LogP contribution is 2.15. The van der Waals surface area contributed by atoms with Gasteiger partial charge in [0.2, 0.25) is 5.91 Å². The zero-order chi connectivity index (χ0) is 13.7. The van der Waals surface area contributed by atoms with E-state index in [9.17, 15) is 9.90 Å². The molecule has 0 aromatic heterocycles. The van der Waals surface area contributed by atoms with E-state index >= 15 is 0 Å². The number of nitrogens with one attached hydrogen (secondary N) is 2. The maximum absolute atomic E-state index is 11.9. The normalized spacial score (nSPS) is 24.1. The first-order chi connectivity index (χ1) is 9.20. The number of rotatable bonds is 5. The van der Waals surface area contributed by atoms with Gasteiger partial charge in [0.1, 0.15) is 0 Å². The molecule has 0 saturated carbocycles. The van der Waals surface area contributed by atoms with Crippen molar-refractivity contribution < 1.29 is 14.6 Å². The molecule has 1 aromatic rings. The van der Waals surface area contributed by atoms with Crippen LogP contribution in [0.25, 0.3) is 0 Å². The van der Waals surface area contributed by atoms with E-state index in [4.69, 9.17) is 4.74 Å². The second-order valence-corrected chi connectivity index (χ2v) is 4.73. The van der Waals surface area contributed by atoms with Crippen LogP contribution in [0.4, 0.5) is 0 Å². The summed E-state index contributed by atoms with van der Waals surface area (Å²) in [6.45, 7) is 0.901. The maximum atomic E-state index is 11.9. The second-order valence-electron chi connectivity index (χ2n) is 4.73. The summed E-state index contributed by atoms with van der Waals surface area (Å²) in [5.74, 6) is -0.0884. The Morgan fingerprint density at radius 3 is 2.84 bits per heavy atom. The number of amides is 1. The topological polar surface area (TPSA) is 70.6 Å². The molecule has 1 amide bonds. The Hall–Kier alpha value is -1.43. The average Bonchev–Trinajstić information content (AvgIpc) is 2.87. The number of β-amino-alcohol motifs (C(OH)–C–C–N with tert-alkyl or cyclic N) is 1. The number of carbonyl (C=O) groups is 1. The molecule has 5 heteroatoms. The van der Waals surface area contributed by atoms with Crippen LogP contribution in [0.1, 0.15) is 18.1 Å². The molecular weight excluding hydrogens is 244 g/mol. The molecule has 3 atom stereocenters. The second kappa shape index (κ2) is 6.65. The smallest absolute Gasteiger partial charge is 0.237 e. The number of aliphatic hydroxyl groups is 1. The average molecular weight is 264 g/mol. The molecule has 1 heterocycles. The molecule has 0 bridgehead atoms. The lowest BCUT2D eigenvalue weighted by molar-refractivity contribution is -0.123. The van der Waals surface area contributed by atoms with Gasteiger partial charge in [0.25, 0.3) is 0 Å². The molecule has 19 heavy (non-hydrogen) atoms. The van der Waals surface area contributed by atoms with Crippen molar-refractivity contribution in [2.24, 2.45) is 0 Å². The third-order valence-electron chi connectivity index (χ3n) is 3.34. The van der Waals surface area contributed by atoms with Crippen molar-refractivity contribution in [2.75, 3.05) is 20.2 Å². The molecule has 1 aliphatic heterocycles. The highest BCUT2D eigenvalue weighted by molar-refractivity contribution is 5.82. The van der Waals surface area contributed by atoms with Crippen molar-refractivity contribution in [2.45, 2.75) is 24.7 Å². The SMILES string of the molecule is COC(CNC(=O)C1CC(O)CN1)c1ccccc1. The lowest BCUT2D eigenvalue weighted by Gasteiger charge is -2.18. The third kappa shape index (κ3) is 3.76. The van der Waals surface area contributed by atoms with E-state index in [2.05, 4.69) is 10.6 Å². The van der Waals surface area contributed by atoms with Crippen LogP contribution in [-0.4, -0.2) is 43.4 Å². The molecule has 1 saturated heterocycles. The lowest BCUT2D eigenvalue weighted by atomic mass is 10.1. The molecule has 3 N–H and O–H groups in total. The van der Waals surface area contributed by atoms with Gasteiger partial charge in [-0.1, -0.05) is 30.3 Å². The van der Waals surface area contributed by atoms with Crippen molar-refractivity contribution >= 4 is 5.91 Å². The minimum atomic E-state index is -0.428. The first kappa shape index (κ1) is 14.0. The van der Waals surface area contributed by atoms with Crippen LogP contribution in [0, 0.1) is 0 Å². The number of hydrogen-bond donors (Lipinski definition) is 3. The fourth-order valence-corrected chi connectivity index (χ4v) is 2.24. The van der Waals surface area contributed by atoms with Crippen molar-refractivity contribution in [3.8, 4) is 0 Å². The summed E-state index contributed by atoms with van der Waals surface area (Å²) in [7, 11) is 1.63. The van der Waals surface area contributed by atoms with Gasteiger partial charge >= 0.3 is 0 Å². The molecule has 2 rings (SSSR count). The predicted octanol–water partition coefficient (Wildman–Crippen LogP) is 0.213. The van der Waals surface area contributed by atoms with Crippen LogP contribution < -0.4 is 10.6 Å². The summed E-state index contributed by atoms with van der Waals surface area (Å²) >= 11 is 0. The highest BCUT2D eigenvalue weighted by Gasteiger charge is 2.28. The molecule has 0 aliphatic carbocycles. The van der Waals surface area contributed by atoms with Crippen LogP contribution >= 0.6 is 0 Å². The number of benzene rings is 1. The molecule has 0 radical (unpaired) electrons. The van der Waals surface area contributed by atoms with E-state index in [1.807, 2.05) is 30.3 Å². The van der Waals surface area contributed by atoms with Crippen molar-refractivity contribution in [1.29, 1.82) is 0 Å². The van der Waals surface area contributed by atoms with E-state index < -0.39 is 6.10 Å². The Morgan fingerprint density at radius 2 is 2.26 bits per heavy atom. The van der Waals surface area contributed by atoms with Crippen molar-refractivity contribution in [1.82, 2.24) is 10.6 Å². The monoisotopic (exact) mass is 264 g/mol. The summed E-state index contributed by atoms with van der Waals surface area (Å²) in [5.41, 5.74) is 1.03. The van der Waals surface area contributed by atoms with Gasteiger partial charge in [-0.15, -0.1) is 0 Å².